The van der Waals surface area contributed by atoms with E-state index in [1.807, 2.05) is 0 Å². The molecule has 0 spiro atoms. The van der Waals surface area contributed by atoms with E-state index in [1.165, 1.54) is 13.8 Å². The fourth-order valence-electron chi connectivity index (χ4n) is 2.12. The monoisotopic (exact) mass is 316 g/mol. The summed E-state index contributed by atoms with van der Waals surface area (Å²) in [6.45, 7) is 2.45. The van der Waals surface area contributed by atoms with Crippen LogP contribution in [-0.4, -0.2) is 15.6 Å². The van der Waals surface area contributed by atoms with Crippen LogP contribution < -0.4 is 0 Å². The summed E-state index contributed by atoms with van der Waals surface area (Å²) >= 11 is 0. The summed E-state index contributed by atoms with van der Waals surface area (Å²) in [5.74, 6) is -1.39. The van der Waals surface area contributed by atoms with Gasteiger partial charge in [-0.1, -0.05) is 6.92 Å². The van der Waals surface area contributed by atoms with E-state index in [-0.39, 0.29) is 23.3 Å². The lowest BCUT2D eigenvalue weighted by Crippen LogP contribution is -2.16. The molecule has 1 atom stereocenters. The van der Waals surface area contributed by atoms with E-state index in [0.29, 0.717) is 0 Å². The van der Waals surface area contributed by atoms with Gasteiger partial charge in [0, 0.05) is 19.0 Å². The smallest absolute Gasteiger partial charge is 0.300 e. The second-order valence-corrected chi connectivity index (χ2v) is 4.87. The van der Waals surface area contributed by atoms with Crippen LogP contribution in [0.3, 0.4) is 0 Å². The molecule has 0 saturated carbocycles. The average Bonchev–Trinajstić information content (AvgIpc) is 2.62. The Hall–Kier alpha value is -1.54. The Morgan fingerprint density at radius 3 is 2.10 bits per heavy atom. The zero-order chi connectivity index (χ0) is 16.6. The van der Waals surface area contributed by atoms with Gasteiger partial charge in [0.2, 0.25) is 0 Å². The van der Waals surface area contributed by atoms with E-state index in [4.69, 9.17) is 0 Å². The summed E-state index contributed by atoms with van der Waals surface area (Å²) < 4.78 is 77.8. The predicted octanol–water partition coefficient (Wildman–Crippen LogP) is 3.93. The molecule has 120 valence electrons. The molecule has 0 aliphatic heterocycles. The van der Waals surface area contributed by atoms with Crippen molar-refractivity contribution in [2.24, 2.45) is 7.05 Å². The molecule has 0 saturated heterocycles. The van der Waals surface area contributed by atoms with Gasteiger partial charge >= 0.3 is 12.4 Å². The quantitative estimate of drug-likeness (QED) is 0.789. The van der Waals surface area contributed by atoms with Crippen molar-refractivity contribution >= 4 is 5.78 Å². The highest BCUT2D eigenvalue weighted by atomic mass is 19.4. The van der Waals surface area contributed by atoms with Crippen LogP contribution in [0.15, 0.2) is 0 Å². The minimum atomic E-state index is -4.99. The Balaban J connectivity index is 3.40. The van der Waals surface area contributed by atoms with Crippen molar-refractivity contribution in [3.05, 3.63) is 17.0 Å². The number of carbonyl (C=O) groups excluding carboxylic acids is 1. The van der Waals surface area contributed by atoms with Crippen LogP contribution in [0.25, 0.3) is 0 Å². The Morgan fingerprint density at radius 1 is 1.19 bits per heavy atom. The molecule has 0 bridgehead atoms. The van der Waals surface area contributed by atoms with Crippen molar-refractivity contribution in [2.75, 3.05) is 0 Å². The third kappa shape index (κ3) is 3.98. The first-order valence-corrected chi connectivity index (χ1v) is 6.06. The number of nitrogens with zero attached hydrogens (tertiary/aromatic N) is 2. The maximum Gasteiger partial charge on any atom is 0.435 e. The van der Waals surface area contributed by atoms with Gasteiger partial charge in [-0.3, -0.25) is 4.68 Å². The van der Waals surface area contributed by atoms with Crippen molar-refractivity contribution in [1.82, 2.24) is 9.78 Å². The summed E-state index contributed by atoms with van der Waals surface area (Å²) in [5.41, 5.74) is -3.88. The SMILES string of the molecule is CC(=O)CCC(C)c1c(C(F)(F)F)nn(C)c1C(F)(F)F. The van der Waals surface area contributed by atoms with Crippen molar-refractivity contribution in [1.29, 1.82) is 0 Å². The van der Waals surface area contributed by atoms with Crippen molar-refractivity contribution in [3.8, 4) is 0 Å². The van der Waals surface area contributed by atoms with Gasteiger partial charge in [-0.25, -0.2) is 0 Å². The number of rotatable bonds is 4. The van der Waals surface area contributed by atoms with Crippen LogP contribution >= 0.6 is 0 Å². The first kappa shape index (κ1) is 17.5. The Labute approximate surface area is 116 Å². The first-order valence-electron chi connectivity index (χ1n) is 6.06. The fraction of sp³-hybridized carbons (Fsp3) is 0.667. The molecule has 1 aromatic rings. The number of aryl methyl sites for hydroxylation is 1. The summed E-state index contributed by atoms with van der Waals surface area (Å²) in [4.78, 5) is 10.9. The van der Waals surface area contributed by atoms with Gasteiger partial charge in [0.25, 0.3) is 0 Å². The highest BCUT2D eigenvalue weighted by Crippen LogP contribution is 2.43. The van der Waals surface area contributed by atoms with Gasteiger partial charge in [-0.2, -0.15) is 31.4 Å². The summed E-state index contributed by atoms with van der Waals surface area (Å²) in [5, 5.41) is 2.98. The lowest BCUT2D eigenvalue weighted by molar-refractivity contribution is -0.145. The Morgan fingerprint density at radius 2 is 1.71 bits per heavy atom. The summed E-state index contributed by atoms with van der Waals surface area (Å²) in [6, 6.07) is 0. The number of hydrogen-bond donors (Lipinski definition) is 0. The Bertz CT molecular complexity index is 529. The molecule has 0 radical (unpaired) electrons. The molecule has 0 N–H and O–H groups in total. The van der Waals surface area contributed by atoms with Gasteiger partial charge in [-0.15, -0.1) is 0 Å². The molecular weight excluding hydrogens is 302 g/mol. The minimum absolute atomic E-state index is 0.0926. The number of halogens is 6. The lowest BCUT2D eigenvalue weighted by atomic mass is 9.92. The van der Waals surface area contributed by atoms with Crippen LogP contribution in [0, 0.1) is 0 Å². The molecule has 1 unspecified atom stereocenters. The van der Waals surface area contributed by atoms with Crippen molar-refractivity contribution < 1.29 is 31.1 Å². The fourth-order valence-corrected chi connectivity index (χ4v) is 2.12. The molecule has 0 aliphatic rings. The van der Waals surface area contributed by atoms with Gasteiger partial charge in [0.15, 0.2) is 5.69 Å². The molecule has 9 heteroatoms. The molecule has 3 nitrogen and oxygen atoms in total. The maximum absolute atomic E-state index is 13.0. The first-order chi connectivity index (χ1) is 9.35. The van der Waals surface area contributed by atoms with Gasteiger partial charge in [-0.05, 0) is 19.3 Å². The molecule has 1 aromatic heterocycles. The van der Waals surface area contributed by atoms with Gasteiger partial charge in [0.05, 0.1) is 0 Å². The molecular formula is C12H14F6N2O. The molecule has 0 fully saturated rings. The molecule has 0 aliphatic carbocycles. The second-order valence-electron chi connectivity index (χ2n) is 4.87. The maximum atomic E-state index is 13.0. The third-order valence-electron chi connectivity index (χ3n) is 3.04. The van der Waals surface area contributed by atoms with E-state index in [2.05, 4.69) is 5.10 Å². The molecule has 0 aromatic carbocycles. The zero-order valence-electron chi connectivity index (χ0n) is 11.6. The van der Waals surface area contributed by atoms with Crippen LogP contribution in [0.5, 0.6) is 0 Å². The van der Waals surface area contributed by atoms with Crippen LogP contribution in [0.4, 0.5) is 26.3 Å². The van der Waals surface area contributed by atoms with E-state index < -0.39 is 35.2 Å². The number of hydrogen-bond acceptors (Lipinski definition) is 2. The van der Waals surface area contributed by atoms with Gasteiger partial charge < -0.3 is 4.79 Å². The topological polar surface area (TPSA) is 34.9 Å². The highest BCUT2D eigenvalue weighted by Gasteiger charge is 2.46. The van der Waals surface area contributed by atoms with E-state index >= 15 is 0 Å². The normalized spacial score (nSPS) is 14.3. The average molecular weight is 316 g/mol. The molecule has 21 heavy (non-hydrogen) atoms. The summed E-state index contributed by atoms with van der Waals surface area (Å²) in [6.07, 6.45) is -10.1. The Kier molecular flexibility index (Phi) is 4.74. The standard InChI is InChI=1S/C12H14F6N2O/c1-6(4-5-7(2)21)8-9(11(13,14)15)19-20(3)10(8)12(16,17)18/h6H,4-5H2,1-3H3. The number of Topliss-reactive ketones (excluding diaryl/α,β-unsaturated/α-hetero) is 1. The number of alkyl halides is 6. The van der Waals surface area contributed by atoms with Crippen LogP contribution in [-0.2, 0) is 24.2 Å². The number of carbonyl (C=O) groups is 1. The number of ketones is 1. The largest absolute Gasteiger partial charge is 0.435 e. The van der Waals surface area contributed by atoms with E-state index in [1.54, 1.807) is 0 Å². The predicted molar refractivity (Wildman–Crippen MR) is 61.5 cm³/mol. The van der Waals surface area contributed by atoms with Crippen molar-refractivity contribution in [3.63, 3.8) is 0 Å². The van der Waals surface area contributed by atoms with E-state index in [0.717, 1.165) is 7.05 Å². The third-order valence-corrected chi connectivity index (χ3v) is 3.04. The number of aromatic nitrogens is 2. The molecule has 1 rings (SSSR count). The highest BCUT2D eigenvalue weighted by molar-refractivity contribution is 5.75. The minimum Gasteiger partial charge on any atom is -0.300 e. The van der Waals surface area contributed by atoms with Crippen molar-refractivity contribution in [2.45, 2.75) is 45.0 Å². The lowest BCUT2D eigenvalue weighted by Gasteiger charge is -2.16. The van der Waals surface area contributed by atoms with Crippen LogP contribution in [0.2, 0.25) is 0 Å². The molecule has 1 heterocycles. The van der Waals surface area contributed by atoms with Gasteiger partial charge in [0.1, 0.15) is 11.5 Å². The van der Waals surface area contributed by atoms with E-state index in [9.17, 15) is 31.1 Å². The summed E-state index contributed by atoms with van der Waals surface area (Å²) in [7, 11) is 0.819. The molecule has 0 amide bonds. The zero-order valence-corrected chi connectivity index (χ0v) is 11.6. The second kappa shape index (κ2) is 5.69. The van der Waals surface area contributed by atoms with Crippen LogP contribution in [0.1, 0.15) is 49.6 Å².